The minimum atomic E-state index is -4.43. The number of halogens is 3. The molecule has 1 amide bonds. The Balaban J connectivity index is 2.05. The van der Waals surface area contributed by atoms with E-state index >= 15 is 0 Å². The van der Waals surface area contributed by atoms with E-state index in [9.17, 15) is 18.0 Å². The highest BCUT2D eigenvalue weighted by atomic mass is 19.4. The van der Waals surface area contributed by atoms with Crippen molar-refractivity contribution >= 4 is 5.91 Å². The predicted octanol–water partition coefficient (Wildman–Crippen LogP) is 2.53. The number of piperidine rings is 1. The van der Waals surface area contributed by atoms with Crippen LogP contribution in [0.25, 0.3) is 0 Å². The second kappa shape index (κ2) is 5.83. The number of carbonyl (C=O) groups is 1. The van der Waals surface area contributed by atoms with Crippen LogP contribution in [0.3, 0.4) is 0 Å². The van der Waals surface area contributed by atoms with Crippen LogP contribution in [0.5, 0.6) is 0 Å². The predicted molar refractivity (Wildman–Crippen MR) is 69.4 cm³/mol. The van der Waals surface area contributed by atoms with Crippen molar-refractivity contribution in [2.24, 2.45) is 0 Å². The summed E-state index contributed by atoms with van der Waals surface area (Å²) in [6, 6.07) is 4.50. The molecule has 1 aromatic carbocycles. The SMILES string of the molecule is CN1CCC[C@@H](NC(=O)c2cccc(C(F)(F)F)c2)C1. The number of hydrogen-bond donors (Lipinski definition) is 1. The van der Waals surface area contributed by atoms with Gasteiger partial charge in [-0.15, -0.1) is 0 Å². The van der Waals surface area contributed by atoms with Crippen molar-refractivity contribution in [3.8, 4) is 0 Å². The second-order valence-corrected chi connectivity index (χ2v) is 5.15. The first-order valence-corrected chi connectivity index (χ1v) is 6.53. The Morgan fingerprint density at radius 1 is 1.40 bits per heavy atom. The Hall–Kier alpha value is -1.56. The Morgan fingerprint density at radius 3 is 2.80 bits per heavy atom. The van der Waals surface area contributed by atoms with Gasteiger partial charge < -0.3 is 10.2 Å². The van der Waals surface area contributed by atoms with Gasteiger partial charge >= 0.3 is 6.18 Å². The van der Waals surface area contributed by atoms with Crippen molar-refractivity contribution in [1.29, 1.82) is 0 Å². The summed E-state index contributed by atoms with van der Waals surface area (Å²) in [6.45, 7) is 1.71. The van der Waals surface area contributed by atoms with Crippen molar-refractivity contribution < 1.29 is 18.0 Å². The van der Waals surface area contributed by atoms with E-state index in [2.05, 4.69) is 10.2 Å². The van der Waals surface area contributed by atoms with Gasteiger partial charge in [0, 0.05) is 18.2 Å². The van der Waals surface area contributed by atoms with Crippen LogP contribution in [0.15, 0.2) is 24.3 Å². The number of rotatable bonds is 2. The van der Waals surface area contributed by atoms with Crippen LogP contribution >= 0.6 is 0 Å². The quantitative estimate of drug-likeness (QED) is 0.906. The average Bonchev–Trinajstić information content (AvgIpc) is 2.38. The first-order chi connectivity index (χ1) is 9.36. The zero-order valence-corrected chi connectivity index (χ0v) is 11.2. The number of benzene rings is 1. The van der Waals surface area contributed by atoms with E-state index in [1.807, 2.05) is 7.05 Å². The zero-order chi connectivity index (χ0) is 14.8. The van der Waals surface area contributed by atoms with Crippen LogP contribution in [0.1, 0.15) is 28.8 Å². The van der Waals surface area contributed by atoms with Crippen molar-refractivity contribution in [3.05, 3.63) is 35.4 Å². The molecule has 0 unspecified atom stereocenters. The lowest BCUT2D eigenvalue weighted by Crippen LogP contribution is -2.46. The van der Waals surface area contributed by atoms with Crippen LogP contribution < -0.4 is 5.32 Å². The molecule has 1 atom stereocenters. The Kier molecular flexibility index (Phi) is 4.32. The number of alkyl halides is 3. The first-order valence-electron chi connectivity index (χ1n) is 6.53. The average molecular weight is 286 g/mol. The monoisotopic (exact) mass is 286 g/mol. The molecule has 0 saturated carbocycles. The topological polar surface area (TPSA) is 32.3 Å². The van der Waals surface area contributed by atoms with Crippen LogP contribution in [0.2, 0.25) is 0 Å². The Bertz CT molecular complexity index is 488. The van der Waals surface area contributed by atoms with Crippen LogP contribution in [0, 0.1) is 0 Å². The summed E-state index contributed by atoms with van der Waals surface area (Å²) in [4.78, 5) is 14.1. The van der Waals surface area contributed by atoms with Gasteiger partial charge in [0.05, 0.1) is 5.56 Å². The molecular formula is C14H17F3N2O. The van der Waals surface area contributed by atoms with Gasteiger partial charge in [-0.25, -0.2) is 0 Å². The maximum absolute atomic E-state index is 12.6. The molecule has 1 aliphatic rings. The van der Waals surface area contributed by atoms with Gasteiger partial charge in [-0.2, -0.15) is 13.2 Å². The van der Waals surface area contributed by atoms with Gasteiger partial charge in [0.1, 0.15) is 0 Å². The highest BCUT2D eigenvalue weighted by Gasteiger charge is 2.31. The summed E-state index contributed by atoms with van der Waals surface area (Å²) < 4.78 is 37.8. The molecule has 110 valence electrons. The highest BCUT2D eigenvalue weighted by molar-refractivity contribution is 5.94. The molecule has 6 heteroatoms. The number of likely N-dealkylation sites (N-methyl/N-ethyl adjacent to an activating group) is 1. The number of nitrogens with one attached hydrogen (secondary N) is 1. The van der Waals surface area contributed by atoms with E-state index in [4.69, 9.17) is 0 Å². The van der Waals surface area contributed by atoms with Gasteiger partial charge in [0.15, 0.2) is 0 Å². The van der Waals surface area contributed by atoms with E-state index in [1.54, 1.807) is 0 Å². The van der Waals surface area contributed by atoms with E-state index in [0.717, 1.165) is 38.1 Å². The highest BCUT2D eigenvalue weighted by Crippen LogP contribution is 2.29. The Labute approximate surface area is 115 Å². The number of amides is 1. The van der Waals surface area contributed by atoms with Crippen molar-refractivity contribution in [2.75, 3.05) is 20.1 Å². The smallest absolute Gasteiger partial charge is 0.348 e. The van der Waals surface area contributed by atoms with E-state index in [0.29, 0.717) is 0 Å². The van der Waals surface area contributed by atoms with E-state index in [1.165, 1.54) is 12.1 Å². The fourth-order valence-corrected chi connectivity index (χ4v) is 2.39. The lowest BCUT2D eigenvalue weighted by atomic mass is 10.0. The summed E-state index contributed by atoms with van der Waals surface area (Å²) in [7, 11) is 1.96. The van der Waals surface area contributed by atoms with Gasteiger partial charge in [-0.3, -0.25) is 4.79 Å². The minimum absolute atomic E-state index is 0.00390. The standard InChI is InChI=1S/C14H17F3N2O/c1-19-7-3-6-12(9-19)18-13(20)10-4-2-5-11(8-10)14(15,16)17/h2,4-5,8,12H,3,6-7,9H2,1H3,(H,18,20)/t12-/m1/s1. The number of carbonyl (C=O) groups excluding carboxylic acids is 1. The molecule has 1 fully saturated rings. The third-order valence-electron chi connectivity index (χ3n) is 3.41. The number of likely N-dealkylation sites (tertiary alicyclic amines) is 1. The lowest BCUT2D eigenvalue weighted by Gasteiger charge is -2.30. The summed E-state index contributed by atoms with van der Waals surface area (Å²) in [6.07, 6.45) is -2.60. The van der Waals surface area contributed by atoms with Crippen LogP contribution in [-0.4, -0.2) is 37.0 Å². The molecular weight excluding hydrogens is 269 g/mol. The maximum Gasteiger partial charge on any atom is 0.416 e. The zero-order valence-electron chi connectivity index (χ0n) is 11.2. The molecule has 1 heterocycles. The van der Waals surface area contributed by atoms with Crippen molar-refractivity contribution in [3.63, 3.8) is 0 Å². The van der Waals surface area contributed by atoms with Gasteiger partial charge in [0.25, 0.3) is 5.91 Å². The molecule has 0 radical (unpaired) electrons. The summed E-state index contributed by atoms with van der Waals surface area (Å²) in [5, 5.41) is 2.80. The molecule has 1 aliphatic heterocycles. The Morgan fingerprint density at radius 2 is 2.15 bits per heavy atom. The summed E-state index contributed by atoms with van der Waals surface area (Å²) in [5.74, 6) is -0.448. The first kappa shape index (κ1) is 14.8. The third-order valence-corrected chi connectivity index (χ3v) is 3.41. The van der Waals surface area contributed by atoms with Gasteiger partial charge in [-0.05, 0) is 44.6 Å². The molecule has 0 bridgehead atoms. The molecule has 3 nitrogen and oxygen atoms in total. The molecule has 1 saturated heterocycles. The van der Waals surface area contributed by atoms with Crippen LogP contribution in [-0.2, 0) is 6.18 Å². The third kappa shape index (κ3) is 3.72. The van der Waals surface area contributed by atoms with Gasteiger partial charge in [0.2, 0.25) is 0 Å². The second-order valence-electron chi connectivity index (χ2n) is 5.15. The van der Waals surface area contributed by atoms with Crippen molar-refractivity contribution in [1.82, 2.24) is 10.2 Å². The van der Waals surface area contributed by atoms with Gasteiger partial charge in [-0.1, -0.05) is 6.07 Å². The molecule has 0 spiro atoms. The number of nitrogens with zero attached hydrogens (tertiary/aromatic N) is 1. The molecule has 1 N–H and O–H groups in total. The normalized spacial score (nSPS) is 20.7. The fraction of sp³-hybridized carbons (Fsp3) is 0.500. The maximum atomic E-state index is 12.6. The minimum Gasteiger partial charge on any atom is -0.348 e. The molecule has 2 rings (SSSR count). The van der Waals surface area contributed by atoms with E-state index in [-0.39, 0.29) is 11.6 Å². The molecule has 0 aromatic heterocycles. The van der Waals surface area contributed by atoms with Crippen molar-refractivity contribution in [2.45, 2.75) is 25.1 Å². The summed E-state index contributed by atoms with van der Waals surface area (Å²) >= 11 is 0. The molecule has 20 heavy (non-hydrogen) atoms. The molecule has 0 aliphatic carbocycles. The molecule has 1 aromatic rings. The van der Waals surface area contributed by atoms with E-state index < -0.39 is 17.6 Å². The largest absolute Gasteiger partial charge is 0.416 e. The lowest BCUT2D eigenvalue weighted by molar-refractivity contribution is -0.137. The summed E-state index contributed by atoms with van der Waals surface area (Å²) in [5.41, 5.74) is -0.751. The van der Waals surface area contributed by atoms with Crippen LogP contribution in [0.4, 0.5) is 13.2 Å². The number of hydrogen-bond acceptors (Lipinski definition) is 2. The fourth-order valence-electron chi connectivity index (χ4n) is 2.39.